The number of Topliss-reactive ketones (excluding diaryl/α,β-unsaturated/α-hetero) is 1. The summed E-state index contributed by atoms with van der Waals surface area (Å²) in [6.07, 6.45) is 2.80. The first-order valence-electron chi connectivity index (χ1n) is 11.4. The third-order valence-electron chi connectivity index (χ3n) is 5.88. The fraction of sp³-hybridized carbons (Fsp3) is 0.440. The summed E-state index contributed by atoms with van der Waals surface area (Å²) < 4.78 is 6.16. The van der Waals surface area contributed by atoms with Crippen LogP contribution in [0.1, 0.15) is 61.3 Å². The molecule has 1 aliphatic rings. The molecule has 3 heterocycles. The minimum atomic E-state index is -0.192. The van der Waals surface area contributed by atoms with Crippen molar-refractivity contribution in [1.29, 1.82) is 0 Å². The molecule has 9 heteroatoms. The van der Waals surface area contributed by atoms with Crippen molar-refractivity contribution in [1.82, 2.24) is 9.97 Å². The van der Waals surface area contributed by atoms with Gasteiger partial charge in [-0.15, -0.1) is 11.3 Å². The number of nitrogens with one attached hydrogen (secondary N) is 1. The monoisotopic (exact) mass is 515 g/mol. The second-order valence-corrected chi connectivity index (χ2v) is 11.7. The molecule has 0 saturated heterocycles. The molecule has 0 fully saturated rings. The number of ketones is 1. The molecule has 0 unspecified atom stereocenters. The van der Waals surface area contributed by atoms with Crippen molar-refractivity contribution in [2.75, 3.05) is 16.8 Å². The Labute approximate surface area is 212 Å². The topological polar surface area (TPSA) is 81.2 Å². The number of fused-ring (bicyclic) bond motifs is 3. The molecule has 6 nitrogen and oxygen atoms in total. The second-order valence-electron chi connectivity index (χ2n) is 8.58. The quantitative estimate of drug-likeness (QED) is 0.153. The highest BCUT2D eigenvalue weighted by Crippen LogP contribution is 2.43. The van der Waals surface area contributed by atoms with Crippen LogP contribution >= 0.6 is 34.9 Å². The minimum Gasteiger partial charge on any atom is -0.369 e. The van der Waals surface area contributed by atoms with Gasteiger partial charge < -0.3 is 10.1 Å². The van der Waals surface area contributed by atoms with Gasteiger partial charge in [-0.3, -0.25) is 9.59 Å². The van der Waals surface area contributed by atoms with Gasteiger partial charge in [-0.2, -0.15) is 0 Å². The van der Waals surface area contributed by atoms with E-state index < -0.39 is 0 Å². The maximum atomic E-state index is 12.7. The molecule has 0 spiro atoms. The molecule has 180 valence electrons. The molecule has 0 aliphatic carbocycles. The highest BCUT2D eigenvalue weighted by molar-refractivity contribution is 8.00. The van der Waals surface area contributed by atoms with E-state index in [2.05, 4.69) is 26.1 Å². The van der Waals surface area contributed by atoms with Crippen molar-refractivity contribution in [3.05, 3.63) is 40.3 Å². The molecule has 1 aliphatic heterocycles. The van der Waals surface area contributed by atoms with E-state index in [1.165, 1.54) is 29.1 Å². The lowest BCUT2D eigenvalue weighted by molar-refractivity contribution is -0.113. The molecular formula is C25H29N3O3S3. The summed E-state index contributed by atoms with van der Waals surface area (Å²) >= 11 is 4.79. The lowest BCUT2D eigenvalue weighted by atomic mass is 9.90. The zero-order chi connectivity index (χ0) is 24.3. The van der Waals surface area contributed by atoms with Crippen LogP contribution in [0.25, 0.3) is 10.2 Å². The fourth-order valence-electron chi connectivity index (χ4n) is 3.73. The summed E-state index contributed by atoms with van der Waals surface area (Å²) in [6, 6.07) is 6.95. The molecule has 0 radical (unpaired) electrons. The summed E-state index contributed by atoms with van der Waals surface area (Å²) in [5.41, 5.74) is 2.37. The zero-order valence-electron chi connectivity index (χ0n) is 19.9. The van der Waals surface area contributed by atoms with E-state index in [4.69, 9.17) is 14.7 Å². The van der Waals surface area contributed by atoms with Crippen LogP contribution in [0.15, 0.2) is 34.4 Å². The SMILES string of the molecule is CCCSc1nc(SCC(=O)Nc2ccc(C(C)=O)cc2)c2c3c(sc2n1)CO[C@@](C)(CC)C3. The van der Waals surface area contributed by atoms with Crippen LogP contribution in [0, 0.1) is 0 Å². The lowest BCUT2D eigenvalue weighted by Gasteiger charge is -2.33. The number of benzene rings is 1. The number of hydrogen-bond acceptors (Lipinski definition) is 8. The number of carbonyl (C=O) groups excluding carboxylic acids is 2. The van der Waals surface area contributed by atoms with Crippen LogP contribution < -0.4 is 5.32 Å². The normalized spacial score (nSPS) is 17.5. The third-order valence-corrected chi connectivity index (χ3v) is 9.01. The largest absolute Gasteiger partial charge is 0.369 e. The number of aromatic nitrogens is 2. The average molecular weight is 516 g/mol. The Morgan fingerprint density at radius 2 is 1.94 bits per heavy atom. The van der Waals surface area contributed by atoms with Gasteiger partial charge in [-0.1, -0.05) is 37.4 Å². The van der Waals surface area contributed by atoms with Crippen molar-refractivity contribution >= 4 is 62.5 Å². The highest BCUT2D eigenvalue weighted by Gasteiger charge is 2.33. The van der Waals surface area contributed by atoms with Gasteiger partial charge in [-0.05, 0) is 56.5 Å². The summed E-state index contributed by atoms with van der Waals surface area (Å²) in [7, 11) is 0. The predicted octanol–water partition coefficient (Wildman–Crippen LogP) is 6.37. The Morgan fingerprint density at radius 1 is 1.18 bits per heavy atom. The molecule has 34 heavy (non-hydrogen) atoms. The summed E-state index contributed by atoms with van der Waals surface area (Å²) in [5, 5.41) is 5.62. The average Bonchev–Trinajstić information content (AvgIpc) is 3.19. The first kappa shape index (κ1) is 25.2. The number of carbonyl (C=O) groups is 2. The number of nitrogens with zero attached hydrogens (tertiary/aromatic N) is 2. The Balaban J connectivity index is 1.57. The van der Waals surface area contributed by atoms with Gasteiger partial charge in [0.05, 0.1) is 18.0 Å². The minimum absolute atomic E-state index is 0.00150. The second kappa shape index (κ2) is 10.8. The van der Waals surface area contributed by atoms with Crippen LogP contribution in [-0.2, 0) is 22.6 Å². The van der Waals surface area contributed by atoms with Crippen molar-refractivity contribution in [2.24, 2.45) is 0 Å². The molecule has 1 aromatic carbocycles. The highest BCUT2D eigenvalue weighted by atomic mass is 32.2. The lowest BCUT2D eigenvalue weighted by Crippen LogP contribution is -2.33. The molecule has 3 aromatic rings. The molecular weight excluding hydrogens is 486 g/mol. The van der Waals surface area contributed by atoms with Gasteiger partial charge in [0, 0.05) is 33.7 Å². The molecule has 1 amide bonds. The van der Waals surface area contributed by atoms with Crippen LogP contribution in [0.3, 0.4) is 0 Å². The predicted molar refractivity (Wildman–Crippen MR) is 141 cm³/mol. The van der Waals surface area contributed by atoms with E-state index in [0.717, 1.165) is 45.4 Å². The Hall–Kier alpha value is -1.94. The van der Waals surface area contributed by atoms with Gasteiger partial charge in [0.1, 0.15) is 9.86 Å². The van der Waals surface area contributed by atoms with Crippen LogP contribution in [0.4, 0.5) is 5.69 Å². The standard InChI is InChI=1S/C25H29N3O3S3/c1-5-11-32-24-27-22(33-14-20(30)26-17-9-7-16(8-10-17)15(3)29)21-18-12-25(4,6-2)31-13-19(18)34-23(21)28-24/h7-10H,5-6,11-14H2,1-4H3,(H,26,30)/t25-/m0/s1. The summed E-state index contributed by atoms with van der Waals surface area (Å²) in [6.45, 7) is 8.57. The van der Waals surface area contributed by atoms with Gasteiger partial charge in [0.2, 0.25) is 5.91 Å². The number of hydrogen-bond donors (Lipinski definition) is 1. The van der Waals surface area contributed by atoms with E-state index in [1.54, 1.807) is 47.4 Å². The Morgan fingerprint density at radius 3 is 2.62 bits per heavy atom. The van der Waals surface area contributed by atoms with Gasteiger partial charge >= 0.3 is 0 Å². The Kier molecular flexibility index (Phi) is 7.97. The first-order valence-corrected chi connectivity index (χ1v) is 14.2. The maximum absolute atomic E-state index is 12.7. The van der Waals surface area contributed by atoms with Gasteiger partial charge in [0.15, 0.2) is 10.9 Å². The maximum Gasteiger partial charge on any atom is 0.234 e. The fourth-order valence-corrected chi connectivity index (χ4v) is 6.57. The third kappa shape index (κ3) is 5.64. The number of amides is 1. The Bertz CT molecular complexity index is 1210. The molecule has 1 atom stereocenters. The van der Waals surface area contributed by atoms with Crippen LogP contribution in [-0.4, -0.2) is 38.8 Å². The van der Waals surface area contributed by atoms with Crippen LogP contribution in [0.5, 0.6) is 0 Å². The van der Waals surface area contributed by atoms with Crippen molar-refractivity contribution in [2.45, 2.75) is 69.3 Å². The summed E-state index contributed by atoms with van der Waals surface area (Å²) in [4.78, 5) is 36.1. The van der Waals surface area contributed by atoms with Crippen molar-refractivity contribution < 1.29 is 14.3 Å². The first-order chi connectivity index (χ1) is 16.3. The molecule has 1 N–H and O–H groups in total. The zero-order valence-corrected chi connectivity index (χ0v) is 22.3. The van der Waals surface area contributed by atoms with Crippen molar-refractivity contribution in [3.63, 3.8) is 0 Å². The number of ether oxygens (including phenoxy) is 1. The van der Waals surface area contributed by atoms with E-state index in [9.17, 15) is 9.59 Å². The van der Waals surface area contributed by atoms with E-state index >= 15 is 0 Å². The molecule has 0 saturated carbocycles. The summed E-state index contributed by atoms with van der Waals surface area (Å²) in [5.74, 6) is 1.08. The number of anilines is 1. The number of rotatable bonds is 9. The van der Waals surface area contributed by atoms with E-state index in [1.807, 2.05) is 0 Å². The van der Waals surface area contributed by atoms with Crippen molar-refractivity contribution in [3.8, 4) is 0 Å². The number of thiophene rings is 1. The smallest absolute Gasteiger partial charge is 0.234 e. The number of thioether (sulfide) groups is 2. The molecule has 4 rings (SSSR count). The molecule has 2 aromatic heterocycles. The van der Waals surface area contributed by atoms with Gasteiger partial charge in [0.25, 0.3) is 0 Å². The van der Waals surface area contributed by atoms with Crippen LogP contribution in [0.2, 0.25) is 0 Å². The van der Waals surface area contributed by atoms with Gasteiger partial charge in [-0.25, -0.2) is 9.97 Å². The van der Waals surface area contributed by atoms with E-state index in [-0.39, 0.29) is 23.0 Å². The van der Waals surface area contributed by atoms with E-state index in [0.29, 0.717) is 17.9 Å². The molecule has 0 bridgehead atoms.